The molecule has 0 saturated carbocycles. The van der Waals surface area contributed by atoms with Crippen molar-refractivity contribution < 1.29 is 23.9 Å². The first kappa shape index (κ1) is 21.4. The number of esters is 1. The lowest BCUT2D eigenvalue weighted by atomic mass is 9.97. The quantitative estimate of drug-likeness (QED) is 0.719. The fraction of sp³-hybridized carbons (Fsp3) is 0.381. The number of ether oxygens (including phenoxy) is 2. The number of hydrogen-bond acceptors (Lipinski definition) is 7. The molecular formula is C21H23N3O6. The summed E-state index contributed by atoms with van der Waals surface area (Å²) < 4.78 is 12.6. The van der Waals surface area contributed by atoms with E-state index in [4.69, 9.17) is 9.47 Å². The summed E-state index contributed by atoms with van der Waals surface area (Å²) in [5.74, 6) is -1.48. The number of amides is 1. The monoisotopic (exact) mass is 413 g/mol. The van der Waals surface area contributed by atoms with Gasteiger partial charge < -0.3 is 14.8 Å². The Morgan fingerprint density at radius 3 is 2.50 bits per heavy atom. The third-order valence-electron chi connectivity index (χ3n) is 4.91. The molecule has 1 amide bonds. The Balaban J connectivity index is 1.90. The van der Waals surface area contributed by atoms with E-state index >= 15 is 0 Å². The minimum Gasteiger partial charge on any atom is -0.454 e. The van der Waals surface area contributed by atoms with Crippen LogP contribution >= 0.6 is 0 Å². The van der Waals surface area contributed by atoms with Crippen molar-refractivity contribution in [1.82, 2.24) is 9.55 Å². The Bertz CT molecular complexity index is 1000. The molecule has 1 aromatic heterocycles. The van der Waals surface area contributed by atoms with E-state index in [-0.39, 0.29) is 23.9 Å². The maximum atomic E-state index is 12.6. The first-order valence-corrected chi connectivity index (χ1v) is 9.62. The van der Waals surface area contributed by atoms with Crippen LogP contribution in [-0.2, 0) is 19.1 Å². The minimum absolute atomic E-state index is 0.107. The molecule has 2 heterocycles. The van der Waals surface area contributed by atoms with Crippen molar-refractivity contribution in [2.45, 2.75) is 45.6 Å². The molecule has 0 radical (unpaired) electrons. The number of rotatable bonds is 6. The Hall–Kier alpha value is -3.33. The predicted octanol–water partition coefficient (Wildman–Crippen LogP) is 1.94. The number of nitrogens with zero attached hydrogens (tertiary/aromatic N) is 2. The van der Waals surface area contributed by atoms with Gasteiger partial charge in [0.25, 0.3) is 0 Å². The fourth-order valence-corrected chi connectivity index (χ4v) is 3.31. The van der Waals surface area contributed by atoms with Crippen molar-refractivity contribution in [2.75, 3.05) is 5.32 Å². The molecule has 0 bridgehead atoms. The van der Waals surface area contributed by atoms with E-state index in [0.717, 1.165) is 4.57 Å². The number of anilines is 1. The van der Waals surface area contributed by atoms with Gasteiger partial charge in [0.2, 0.25) is 5.91 Å². The molecule has 1 aromatic carbocycles. The van der Waals surface area contributed by atoms with Crippen LogP contribution in [0.5, 0.6) is 0 Å². The normalized spacial score (nSPS) is 23.0. The number of hydrogen-bond donors (Lipinski definition) is 1. The molecule has 1 N–H and O–H groups in total. The standard InChI is InChI=1S/C21H23N3O6/c1-4-16(26)22-15-10-11-24(21(28)23-15)19-18(12(2)17(29-19)13(3)25)30-20(27)14-8-6-5-7-9-14/h5-12,17-19H,4H2,1-3H3,(H,22,23,26,28)/t12-,17+,18+,19-/m1/s1. The van der Waals surface area contributed by atoms with E-state index in [9.17, 15) is 19.2 Å². The summed E-state index contributed by atoms with van der Waals surface area (Å²) in [6.07, 6.45) is -1.12. The van der Waals surface area contributed by atoms with Crippen LogP contribution in [0.3, 0.4) is 0 Å². The minimum atomic E-state index is -1.03. The third-order valence-corrected chi connectivity index (χ3v) is 4.91. The number of carbonyl (C=O) groups is 3. The zero-order chi connectivity index (χ0) is 21.8. The summed E-state index contributed by atoms with van der Waals surface area (Å²) >= 11 is 0. The lowest BCUT2D eigenvalue weighted by Crippen LogP contribution is -2.36. The van der Waals surface area contributed by atoms with Gasteiger partial charge in [0.15, 0.2) is 18.1 Å². The lowest BCUT2D eigenvalue weighted by molar-refractivity contribution is -0.131. The fourth-order valence-electron chi connectivity index (χ4n) is 3.31. The molecule has 4 atom stereocenters. The van der Waals surface area contributed by atoms with Gasteiger partial charge in [-0.15, -0.1) is 0 Å². The van der Waals surface area contributed by atoms with E-state index < -0.39 is 36.0 Å². The molecule has 2 aromatic rings. The highest BCUT2D eigenvalue weighted by molar-refractivity contribution is 5.90. The summed E-state index contributed by atoms with van der Waals surface area (Å²) in [4.78, 5) is 52.5. The molecule has 1 aliphatic heterocycles. The number of nitrogens with one attached hydrogen (secondary N) is 1. The molecule has 1 fully saturated rings. The van der Waals surface area contributed by atoms with Crippen LogP contribution in [-0.4, -0.2) is 39.4 Å². The zero-order valence-corrected chi connectivity index (χ0v) is 16.9. The van der Waals surface area contributed by atoms with E-state index in [1.54, 1.807) is 44.2 Å². The van der Waals surface area contributed by atoms with Crippen molar-refractivity contribution in [3.8, 4) is 0 Å². The van der Waals surface area contributed by atoms with Gasteiger partial charge in [0, 0.05) is 18.5 Å². The lowest BCUT2D eigenvalue weighted by Gasteiger charge is -2.22. The van der Waals surface area contributed by atoms with E-state index in [1.165, 1.54) is 19.2 Å². The Morgan fingerprint density at radius 2 is 1.90 bits per heavy atom. The summed E-state index contributed by atoms with van der Waals surface area (Å²) in [7, 11) is 0. The Kier molecular flexibility index (Phi) is 6.41. The van der Waals surface area contributed by atoms with Crippen molar-refractivity contribution in [1.29, 1.82) is 0 Å². The number of Topliss-reactive ketones (excluding diaryl/α,β-unsaturated/α-hetero) is 1. The number of benzene rings is 1. The zero-order valence-electron chi connectivity index (χ0n) is 16.9. The smallest absolute Gasteiger partial charge is 0.351 e. The van der Waals surface area contributed by atoms with Crippen molar-refractivity contribution in [3.05, 3.63) is 58.6 Å². The first-order valence-electron chi connectivity index (χ1n) is 9.62. The van der Waals surface area contributed by atoms with Crippen LogP contribution in [0.2, 0.25) is 0 Å². The molecule has 30 heavy (non-hydrogen) atoms. The average Bonchev–Trinajstić information content (AvgIpc) is 3.05. The largest absolute Gasteiger partial charge is 0.454 e. The van der Waals surface area contributed by atoms with Gasteiger partial charge >= 0.3 is 11.7 Å². The predicted molar refractivity (Wildman–Crippen MR) is 107 cm³/mol. The first-order chi connectivity index (χ1) is 14.3. The van der Waals surface area contributed by atoms with Crippen molar-refractivity contribution >= 4 is 23.5 Å². The maximum Gasteiger partial charge on any atom is 0.351 e. The Morgan fingerprint density at radius 1 is 1.20 bits per heavy atom. The second kappa shape index (κ2) is 9.00. The molecule has 1 saturated heterocycles. The van der Waals surface area contributed by atoms with Crippen LogP contribution in [0, 0.1) is 5.92 Å². The molecule has 0 aliphatic carbocycles. The maximum absolute atomic E-state index is 12.6. The average molecular weight is 413 g/mol. The van der Waals surface area contributed by atoms with E-state index in [1.807, 2.05) is 0 Å². The molecule has 0 unspecified atom stereocenters. The number of aromatic nitrogens is 2. The van der Waals surface area contributed by atoms with E-state index in [0.29, 0.717) is 5.56 Å². The molecular weight excluding hydrogens is 390 g/mol. The van der Waals surface area contributed by atoms with Crippen LogP contribution < -0.4 is 11.0 Å². The van der Waals surface area contributed by atoms with Crippen LogP contribution in [0.4, 0.5) is 5.82 Å². The topological polar surface area (TPSA) is 117 Å². The van der Waals surface area contributed by atoms with Gasteiger partial charge in [-0.2, -0.15) is 4.98 Å². The molecule has 9 heteroatoms. The number of carbonyl (C=O) groups excluding carboxylic acids is 3. The molecule has 1 aliphatic rings. The second-order valence-corrected chi connectivity index (χ2v) is 7.06. The summed E-state index contributed by atoms with van der Waals surface area (Å²) in [5.41, 5.74) is -0.358. The van der Waals surface area contributed by atoms with Gasteiger partial charge in [-0.1, -0.05) is 32.0 Å². The van der Waals surface area contributed by atoms with Crippen LogP contribution in [0.25, 0.3) is 0 Å². The summed E-state index contributed by atoms with van der Waals surface area (Å²) in [6.45, 7) is 4.78. The van der Waals surface area contributed by atoms with Gasteiger partial charge in [0.1, 0.15) is 11.9 Å². The van der Waals surface area contributed by atoms with E-state index in [2.05, 4.69) is 10.3 Å². The molecule has 9 nitrogen and oxygen atoms in total. The number of ketones is 1. The highest BCUT2D eigenvalue weighted by Crippen LogP contribution is 2.36. The van der Waals surface area contributed by atoms with Crippen LogP contribution in [0.15, 0.2) is 47.4 Å². The van der Waals surface area contributed by atoms with Crippen LogP contribution in [0.1, 0.15) is 43.8 Å². The SMILES string of the molecule is CCC(=O)Nc1ccn([C@@H]2O[C@H](C(C)=O)[C@@H](C)[C@@H]2OC(=O)c2ccccc2)c(=O)n1. The third kappa shape index (κ3) is 4.46. The van der Waals surface area contributed by atoms with Gasteiger partial charge in [-0.05, 0) is 25.1 Å². The van der Waals surface area contributed by atoms with Crippen molar-refractivity contribution in [3.63, 3.8) is 0 Å². The summed E-state index contributed by atoms with van der Waals surface area (Å²) in [5, 5.41) is 2.51. The highest BCUT2D eigenvalue weighted by atomic mass is 16.6. The van der Waals surface area contributed by atoms with Gasteiger partial charge in [-0.25, -0.2) is 9.59 Å². The second-order valence-electron chi connectivity index (χ2n) is 7.06. The Labute approximate surface area is 173 Å². The summed E-state index contributed by atoms with van der Waals surface area (Å²) in [6, 6.07) is 9.85. The van der Waals surface area contributed by atoms with Crippen molar-refractivity contribution in [2.24, 2.45) is 5.92 Å². The molecule has 0 spiro atoms. The van der Waals surface area contributed by atoms with Gasteiger partial charge in [0.05, 0.1) is 5.56 Å². The molecule has 3 rings (SSSR count). The highest BCUT2D eigenvalue weighted by Gasteiger charge is 2.47. The molecule has 158 valence electrons. The van der Waals surface area contributed by atoms with Gasteiger partial charge in [-0.3, -0.25) is 14.2 Å².